The monoisotopic (exact) mass is 283 g/mol. The smallest absolute Gasteiger partial charge is 0.254 e. The van der Waals surface area contributed by atoms with E-state index in [9.17, 15) is 9.18 Å². The van der Waals surface area contributed by atoms with E-state index in [4.69, 9.17) is 5.84 Å². The fourth-order valence-corrected chi connectivity index (χ4v) is 1.89. The summed E-state index contributed by atoms with van der Waals surface area (Å²) in [6.45, 7) is 7.30. The average Bonchev–Trinajstić information content (AvgIpc) is 2.46. The number of likely N-dealkylation sites (N-methyl/N-ethyl adjacent to an activating group) is 1. The molecule has 0 aromatic carbocycles. The van der Waals surface area contributed by atoms with E-state index in [1.54, 1.807) is 0 Å². The van der Waals surface area contributed by atoms with Crippen LogP contribution in [0.4, 0.5) is 10.2 Å². The summed E-state index contributed by atoms with van der Waals surface area (Å²) in [5, 5.41) is 2.70. The molecule has 0 aliphatic heterocycles. The number of nitrogen functional groups attached to an aromatic ring is 1. The van der Waals surface area contributed by atoms with Gasteiger partial charge < -0.3 is 15.6 Å². The van der Waals surface area contributed by atoms with Crippen LogP contribution >= 0.6 is 0 Å². The van der Waals surface area contributed by atoms with Crippen LogP contribution in [0, 0.1) is 5.82 Å². The van der Waals surface area contributed by atoms with Crippen molar-refractivity contribution in [2.24, 2.45) is 5.84 Å². The number of halogens is 1. The molecular weight excluding hydrogens is 261 g/mol. The minimum absolute atomic E-state index is 0.0634. The van der Waals surface area contributed by atoms with Gasteiger partial charge in [-0.2, -0.15) is 0 Å². The van der Waals surface area contributed by atoms with Crippen LogP contribution in [-0.4, -0.2) is 42.0 Å². The Balaban J connectivity index is 2.55. The third-order valence-corrected chi connectivity index (χ3v) is 2.97. The van der Waals surface area contributed by atoms with Gasteiger partial charge in [-0.3, -0.25) is 4.79 Å². The second-order valence-electron chi connectivity index (χ2n) is 4.36. The van der Waals surface area contributed by atoms with E-state index in [1.807, 2.05) is 0 Å². The van der Waals surface area contributed by atoms with E-state index in [0.29, 0.717) is 6.54 Å². The molecule has 0 radical (unpaired) electrons. The van der Waals surface area contributed by atoms with Crippen LogP contribution < -0.4 is 16.6 Å². The number of nitrogens with zero attached hydrogens (tertiary/aromatic N) is 2. The molecule has 0 aliphatic rings. The van der Waals surface area contributed by atoms with Gasteiger partial charge in [-0.15, -0.1) is 0 Å². The Bertz CT molecular complexity index is 441. The van der Waals surface area contributed by atoms with Crippen molar-refractivity contribution in [3.63, 3.8) is 0 Å². The van der Waals surface area contributed by atoms with Crippen LogP contribution in [0.2, 0.25) is 0 Å². The predicted octanol–water partition coefficient (Wildman–Crippen LogP) is 0.968. The van der Waals surface area contributed by atoms with E-state index >= 15 is 0 Å². The third-order valence-electron chi connectivity index (χ3n) is 2.97. The Labute approximate surface area is 118 Å². The number of nitrogens with two attached hydrogens (primary N) is 1. The van der Waals surface area contributed by atoms with Crippen molar-refractivity contribution in [2.45, 2.75) is 20.3 Å². The number of anilines is 1. The lowest BCUT2D eigenvalue weighted by Crippen LogP contribution is -2.35. The number of hydrogen-bond donors (Lipinski definition) is 3. The molecule has 1 amide bonds. The maximum atomic E-state index is 13.8. The lowest BCUT2D eigenvalue weighted by Gasteiger charge is -2.19. The number of aromatic nitrogens is 1. The van der Waals surface area contributed by atoms with E-state index in [-0.39, 0.29) is 11.4 Å². The van der Waals surface area contributed by atoms with Gasteiger partial charge in [0.2, 0.25) is 0 Å². The topological polar surface area (TPSA) is 83.3 Å². The number of carbonyl (C=O) groups excluding carboxylic acids is 1. The number of hydrazine groups is 1. The van der Waals surface area contributed by atoms with Crippen LogP contribution in [0.15, 0.2) is 12.3 Å². The quantitative estimate of drug-likeness (QED) is 0.489. The van der Waals surface area contributed by atoms with Crippen molar-refractivity contribution >= 4 is 11.7 Å². The Morgan fingerprint density at radius 1 is 1.45 bits per heavy atom. The van der Waals surface area contributed by atoms with E-state index in [0.717, 1.165) is 26.1 Å². The highest BCUT2D eigenvalue weighted by atomic mass is 19.1. The Morgan fingerprint density at radius 3 is 2.80 bits per heavy atom. The summed E-state index contributed by atoms with van der Waals surface area (Å²) in [5.41, 5.74) is 2.05. The van der Waals surface area contributed by atoms with Gasteiger partial charge in [-0.25, -0.2) is 15.2 Å². The maximum absolute atomic E-state index is 13.8. The summed E-state index contributed by atoms with van der Waals surface area (Å²) >= 11 is 0. The number of amides is 1. The Morgan fingerprint density at radius 2 is 2.20 bits per heavy atom. The SMILES string of the molecule is CCCN(CC)CCNC(=O)c1ccnc(NN)c1F. The molecule has 7 heteroatoms. The summed E-state index contributed by atoms with van der Waals surface area (Å²) < 4.78 is 13.8. The standard InChI is InChI=1S/C13H22FN5O/c1-3-8-19(4-2)9-7-17-13(20)10-5-6-16-12(18-15)11(10)14/h5-6H,3-4,7-9,15H2,1-2H3,(H,16,18)(H,17,20). The zero-order chi connectivity index (χ0) is 15.0. The molecule has 0 aliphatic carbocycles. The second-order valence-corrected chi connectivity index (χ2v) is 4.36. The first-order valence-corrected chi connectivity index (χ1v) is 6.75. The molecular formula is C13H22FN5O. The molecule has 0 atom stereocenters. The largest absolute Gasteiger partial charge is 0.351 e. The first kappa shape index (κ1) is 16.3. The minimum Gasteiger partial charge on any atom is -0.351 e. The van der Waals surface area contributed by atoms with Crippen molar-refractivity contribution in [3.8, 4) is 0 Å². The van der Waals surface area contributed by atoms with Gasteiger partial charge in [0.1, 0.15) is 0 Å². The van der Waals surface area contributed by atoms with E-state index in [1.165, 1.54) is 12.3 Å². The molecule has 0 saturated heterocycles. The highest BCUT2D eigenvalue weighted by molar-refractivity contribution is 5.95. The van der Waals surface area contributed by atoms with E-state index in [2.05, 4.69) is 34.5 Å². The van der Waals surface area contributed by atoms with Crippen molar-refractivity contribution in [2.75, 3.05) is 31.6 Å². The van der Waals surface area contributed by atoms with Crippen molar-refractivity contribution in [3.05, 3.63) is 23.6 Å². The van der Waals surface area contributed by atoms with Gasteiger partial charge >= 0.3 is 0 Å². The summed E-state index contributed by atoms with van der Waals surface area (Å²) in [5.74, 6) is 3.77. The fraction of sp³-hybridized carbons (Fsp3) is 0.538. The molecule has 6 nitrogen and oxygen atoms in total. The van der Waals surface area contributed by atoms with Crippen LogP contribution in [0.25, 0.3) is 0 Å². The molecule has 112 valence electrons. The number of nitrogens with one attached hydrogen (secondary N) is 2. The molecule has 20 heavy (non-hydrogen) atoms. The first-order valence-electron chi connectivity index (χ1n) is 6.75. The van der Waals surface area contributed by atoms with Crippen molar-refractivity contribution < 1.29 is 9.18 Å². The molecule has 0 bridgehead atoms. The Kier molecular flexibility index (Phi) is 6.89. The van der Waals surface area contributed by atoms with E-state index < -0.39 is 11.7 Å². The fourth-order valence-electron chi connectivity index (χ4n) is 1.89. The normalized spacial score (nSPS) is 10.7. The number of pyridine rings is 1. The highest BCUT2D eigenvalue weighted by Gasteiger charge is 2.15. The molecule has 0 saturated carbocycles. The van der Waals surface area contributed by atoms with Crippen molar-refractivity contribution in [1.29, 1.82) is 0 Å². The lowest BCUT2D eigenvalue weighted by molar-refractivity contribution is 0.0944. The molecule has 1 aromatic heterocycles. The zero-order valence-electron chi connectivity index (χ0n) is 11.9. The maximum Gasteiger partial charge on any atom is 0.254 e. The molecule has 0 fully saturated rings. The highest BCUT2D eigenvalue weighted by Crippen LogP contribution is 2.13. The molecule has 0 unspecified atom stereocenters. The number of rotatable bonds is 8. The van der Waals surface area contributed by atoms with Crippen molar-refractivity contribution in [1.82, 2.24) is 15.2 Å². The van der Waals surface area contributed by atoms with Gasteiger partial charge in [0, 0.05) is 19.3 Å². The molecule has 0 spiro atoms. The lowest BCUT2D eigenvalue weighted by atomic mass is 10.2. The summed E-state index contributed by atoms with van der Waals surface area (Å²) in [4.78, 5) is 17.8. The van der Waals surface area contributed by atoms with Crippen LogP contribution in [-0.2, 0) is 0 Å². The third kappa shape index (κ3) is 4.43. The zero-order valence-corrected chi connectivity index (χ0v) is 11.9. The van der Waals surface area contributed by atoms with Crippen LogP contribution in [0.3, 0.4) is 0 Å². The van der Waals surface area contributed by atoms with Gasteiger partial charge in [0.25, 0.3) is 5.91 Å². The van der Waals surface area contributed by atoms with Gasteiger partial charge in [0.05, 0.1) is 5.56 Å². The van der Waals surface area contributed by atoms with Gasteiger partial charge in [0.15, 0.2) is 11.6 Å². The predicted molar refractivity (Wildman–Crippen MR) is 76.7 cm³/mol. The van der Waals surface area contributed by atoms with Gasteiger partial charge in [-0.05, 0) is 25.6 Å². The molecule has 1 rings (SSSR count). The average molecular weight is 283 g/mol. The second kappa shape index (κ2) is 8.44. The minimum atomic E-state index is -0.742. The molecule has 1 heterocycles. The Hall–Kier alpha value is -1.73. The number of hydrogen-bond acceptors (Lipinski definition) is 5. The van der Waals surface area contributed by atoms with Crippen LogP contribution in [0.1, 0.15) is 30.6 Å². The summed E-state index contributed by atoms with van der Waals surface area (Å²) in [6.07, 6.45) is 2.40. The van der Waals surface area contributed by atoms with Crippen LogP contribution in [0.5, 0.6) is 0 Å². The van der Waals surface area contributed by atoms with Gasteiger partial charge in [-0.1, -0.05) is 13.8 Å². The molecule has 4 N–H and O–H groups in total. The summed E-state index contributed by atoms with van der Waals surface area (Å²) in [6, 6.07) is 1.33. The summed E-state index contributed by atoms with van der Waals surface area (Å²) in [7, 11) is 0. The number of carbonyl (C=O) groups is 1. The first-order chi connectivity index (χ1) is 9.63. The molecule has 1 aromatic rings.